The van der Waals surface area contributed by atoms with Crippen molar-refractivity contribution in [2.24, 2.45) is 4.99 Å². The van der Waals surface area contributed by atoms with Gasteiger partial charge in [-0.25, -0.2) is 17.6 Å². The Hall–Kier alpha value is -3.16. The van der Waals surface area contributed by atoms with E-state index in [1.54, 1.807) is 23.2 Å². The van der Waals surface area contributed by atoms with Crippen LogP contribution < -0.4 is 20.7 Å². The molecular weight excluding hydrogens is 513 g/mol. The maximum absolute atomic E-state index is 15.5. The Morgan fingerprint density at radius 3 is 2.67 bits per heavy atom. The Morgan fingerprint density at radius 2 is 2.03 bits per heavy atom. The van der Waals surface area contributed by atoms with Crippen LogP contribution in [0.15, 0.2) is 29.4 Å². The number of aromatic nitrogens is 2. The lowest BCUT2D eigenvalue weighted by Crippen LogP contribution is -2.48. The van der Waals surface area contributed by atoms with E-state index < -0.39 is 28.2 Å². The lowest BCUT2D eigenvalue weighted by molar-refractivity contribution is 0.167. The average Bonchev–Trinajstić information content (AvgIpc) is 3.25. The van der Waals surface area contributed by atoms with Crippen molar-refractivity contribution in [2.75, 3.05) is 24.6 Å². The fraction of sp³-hybridized carbons (Fsp3) is 0.409. The highest BCUT2D eigenvalue weighted by atomic mass is 35.5. The molecule has 4 N–H and O–H groups in total. The molecule has 2 aromatic rings. The first-order valence-corrected chi connectivity index (χ1v) is 13.3. The lowest BCUT2D eigenvalue weighted by atomic mass is 10.0. The number of allylic oxidation sites excluding steroid dienone is 1. The molecule has 3 rings (SSSR count). The van der Waals surface area contributed by atoms with Gasteiger partial charge >= 0.3 is 6.09 Å². The first-order valence-electron chi connectivity index (χ1n) is 11.0. The van der Waals surface area contributed by atoms with Gasteiger partial charge in [-0.3, -0.25) is 19.7 Å². The smallest absolute Gasteiger partial charge is 0.407 e. The third-order valence-corrected chi connectivity index (χ3v) is 5.88. The molecule has 1 amide bonds. The molecule has 0 saturated carbocycles. The summed E-state index contributed by atoms with van der Waals surface area (Å²) in [7, 11) is -2.45. The Balaban J connectivity index is 1.93. The molecule has 0 saturated heterocycles. The van der Waals surface area contributed by atoms with Crippen LogP contribution in [-0.2, 0) is 14.8 Å². The summed E-state index contributed by atoms with van der Waals surface area (Å²) in [6, 6.07) is 2.33. The minimum atomic E-state index is -3.74. The number of halogens is 2. The minimum absolute atomic E-state index is 0.0358. The van der Waals surface area contributed by atoms with Gasteiger partial charge < -0.3 is 15.4 Å². The fourth-order valence-electron chi connectivity index (χ4n) is 3.39. The standard InChI is InChI=1S/C22H29ClFN7O4S/c1-12(2)31-11-16(17-6-7-25-21(28-17)26-10-13(3)27-22(32)35-4)20(29-31)15-8-14(23)9-18(19(15)24)30-36(5,33)34/h6-9,11-13,21,26,28,30H,10H2,1-5H3,(H,27,32)/t13-,21?/m0/s1. The molecule has 2 heterocycles. The summed E-state index contributed by atoms with van der Waals surface area (Å²) >= 11 is 6.21. The van der Waals surface area contributed by atoms with Crippen LogP contribution in [0.3, 0.4) is 0 Å². The van der Waals surface area contributed by atoms with Crippen molar-refractivity contribution >= 4 is 45.3 Å². The number of ether oxygens (including phenoxy) is 1. The molecule has 1 aliphatic rings. The summed E-state index contributed by atoms with van der Waals surface area (Å²) < 4.78 is 47.4. The molecule has 36 heavy (non-hydrogen) atoms. The van der Waals surface area contributed by atoms with E-state index in [1.165, 1.54) is 19.2 Å². The second kappa shape index (κ2) is 11.3. The largest absolute Gasteiger partial charge is 0.453 e. The lowest BCUT2D eigenvalue weighted by Gasteiger charge is -2.24. The first kappa shape index (κ1) is 27.4. The summed E-state index contributed by atoms with van der Waals surface area (Å²) in [5.74, 6) is -0.803. The van der Waals surface area contributed by atoms with Gasteiger partial charge in [-0.1, -0.05) is 11.6 Å². The SMILES string of the molecule is COC(=O)N[C@@H](C)CNC1N=CC=C(c2cn(C(C)C)nc2-c2cc(Cl)cc(NS(C)(=O)=O)c2F)N1. The van der Waals surface area contributed by atoms with Crippen molar-refractivity contribution in [3.05, 3.63) is 40.8 Å². The zero-order chi connectivity index (χ0) is 26.6. The van der Waals surface area contributed by atoms with Crippen LogP contribution in [0.25, 0.3) is 17.0 Å². The summed E-state index contributed by atoms with van der Waals surface area (Å²) in [6.45, 7) is 6.05. The number of alkyl carbamates (subject to hydrolysis) is 1. The monoisotopic (exact) mass is 541 g/mol. The summed E-state index contributed by atoms with van der Waals surface area (Å²) in [6.07, 6.45) is 4.94. The molecule has 1 unspecified atom stereocenters. The second-order valence-corrected chi connectivity index (χ2v) is 10.7. The zero-order valence-corrected chi connectivity index (χ0v) is 22.0. The molecule has 0 aliphatic carbocycles. The van der Waals surface area contributed by atoms with Crippen LogP contribution >= 0.6 is 11.6 Å². The molecule has 0 bridgehead atoms. The third-order valence-electron chi connectivity index (χ3n) is 5.07. The number of anilines is 1. The molecule has 2 atom stereocenters. The van der Waals surface area contributed by atoms with E-state index in [-0.39, 0.29) is 34.1 Å². The number of amides is 1. The van der Waals surface area contributed by atoms with Crippen LogP contribution in [-0.4, -0.2) is 62.7 Å². The highest BCUT2D eigenvalue weighted by Gasteiger charge is 2.24. The molecule has 1 aromatic heterocycles. The van der Waals surface area contributed by atoms with Gasteiger partial charge in [-0.05, 0) is 39.0 Å². The average molecular weight is 542 g/mol. The quantitative estimate of drug-likeness (QED) is 0.383. The van der Waals surface area contributed by atoms with Crippen LogP contribution in [0.2, 0.25) is 5.02 Å². The van der Waals surface area contributed by atoms with Gasteiger partial charge in [-0.15, -0.1) is 0 Å². The number of carbonyl (C=O) groups is 1. The summed E-state index contributed by atoms with van der Waals surface area (Å²) in [5, 5.41) is 13.8. The van der Waals surface area contributed by atoms with E-state index in [4.69, 9.17) is 11.6 Å². The van der Waals surface area contributed by atoms with E-state index in [1.807, 2.05) is 20.8 Å². The van der Waals surface area contributed by atoms with E-state index in [2.05, 4.69) is 35.5 Å². The molecule has 11 nitrogen and oxygen atoms in total. The number of methoxy groups -OCH3 is 1. The number of hydrogen-bond donors (Lipinski definition) is 4. The van der Waals surface area contributed by atoms with Crippen LogP contribution in [0.4, 0.5) is 14.9 Å². The van der Waals surface area contributed by atoms with E-state index in [0.29, 0.717) is 17.8 Å². The van der Waals surface area contributed by atoms with E-state index in [9.17, 15) is 13.2 Å². The molecule has 0 fully saturated rings. The van der Waals surface area contributed by atoms with Gasteiger partial charge in [0.1, 0.15) is 5.69 Å². The predicted octanol–water partition coefficient (Wildman–Crippen LogP) is 2.93. The highest BCUT2D eigenvalue weighted by molar-refractivity contribution is 7.92. The zero-order valence-electron chi connectivity index (χ0n) is 20.5. The van der Waals surface area contributed by atoms with Gasteiger partial charge in [0.15, 0.2) is 12.1 Å². The van der Waals surface area contributed by atoms with Crippen LogP contribution in [0, 0.1) is 5.82 Å². The van der Waals surface area contributed by atoms with Crippen LogP contribution in [0.5, 0.6) is 0 Å². The second-order valence-electron chi connectivity index (χ2n) is 8.52. The van der Waals surface area contributed by atoms with E-state index >= 15 is 4.39 Å². The minimum Gasteiger partial charge on any atom is -0.453 e. The topological polar surface area (TPSA) is 139 Å². The number of sulfonamides is 1. The van der Waals surface area contributed by atoms with Crippen molar-refractivity contribution in [3.8, 4) is 11.3 Å². The number of nitrogens with one attached hydrogen (secondary N) is 4. The number of aliphatic imine (C=N–C) groups is 1. The van der Waals surface area contributed by atoms with Gasteiger partial charge in [-0.2, -0.15) is 5.10 Å². The maximum atomic E-state index is 15.5. The molecule has 0 spiro atoms. The van der Waals surface area contributed by atoms with Gasteiger partial charge in [0.05, 0.1) is 19.1 Å². The Morgan fingerprint density at radius 1 is 1.31 bits per heavy atom. The molecule has 14 heteroatoms. The number of benzene rings is 1. The molecule has 0 radical (unpaired) electrons. The van der Waals surface area contributed by atoms with Gasteiger partial charge in [0.2, 0.25) is 10.0 Å². The Labute approximate surface area is 214 Å². The van der Waals surface area contributed by atoms with Crippen molar-refractivity contribution < 1.29 is 22.3 Å². The Bertz CT molecular complexity index is 1290. The summed E-state index contributed by atoms with van der Waals surface area (Å²) in [4.78, 5) is 15.7. The van der Waals surface area contributed by atoms with Crippen molar-refractivity contribution in [1.29, 1.82) is 0 Å². The number of rotatable bonds is 9. The molecule has 196 valence electrons. The normalized spacial score (nSPS) is 16.3. The fourth-order valence-corrected chi connectivity index (χ4v) is 4.16. The highest BCUT2D eigenvalue weighted by Crippen LogP contribution is 2.35. The van der Waals surface area contributed by atoms with Gasteiger partial charge in [0, 0.05) is 52.9 Å². The van der Waals surface area contributed by atoms with Crippen molar-refractivity contribution in [2.45, 2.75) is 39.1 Å². The van der Waals surface area contributed by atoms with Gasteiger partial charge in [0.25, 0.3) is 0 Å². The molecule has 1 aromatic carbocycles. The van der Waals surface area contributed by atoms with Crippen molar-refractivity contribution in [3.63, 3.8) is 0 Å². The Kier molecular flexibility index (Phi) is 8.59. The third kappa shape index (κ3) is 6.95. The van der Waals surface area contributed by atoms with E-state index in [0.717, 1.165) is 6.26 Å². The molecular formula is C22H29ClFN7O4S. The summed E-state index contributed by atoms with van der Waals surface area (Å²) in [5.41, 5.74) is 1.20. The molecule has 1 aliphatic heterocycles. The predicted molar refractivity (Wildman–Crippen MR) is 138 cm³/mol. The first-order chi connectivity index (χ1) is 16.9. The number of nitrogens with zero attached hydrogens (tertiary/aromatic N) is 3. The maximum Gasteiger partial charge on any atom is 0.407 e. The number of carbonyl (C=O) groups excluding carboxylic acids is 1. The van der Waals surface area contributed by atoms with Crippen LogP contribution in [0.1, 0.15) is 32.4 Å². The van der Waals surface area contributed by atoms with Crippen molar-refractivity contribution in [1.82, 2.24) is 25.7 Å². The number of hydrogen-bond acceptors (Lipinski definition) is 8.